The monoisotopic (exact) mass is 599 g/mol. The minimum absolute atomic E-state index is 0. The third-order valence-electron chi connectivity index (χ3n) is 4.17. The van der Waals surface area contributed by atoms with Crippen LogP contribution in [0.3, 0.4) is 0 Å². The van der Waals surface area contributed by atoms with Gasteiger partial charge in [-0.15, -0.1) is 17.1 Å². The molecule has 0 amide bonds. The minimum Gasteiger partial charge on any atom is -1.00 e. The Morgan fingerprint density at radius 3 is 2.00 bits per heavy atom. The van der Waals surface area contributed by atoms with E-state index >= 15 is 0 Å². The van der Waals surface area contributed by atoms with Crippen molar-refractivity contribution >= 4 is 34.7 Å². The molecule has 0 unspecified atom stereocenters. The molecule has 2 aromatic heterocycles. The van der Waals surface area contributed by atoms with E-state index in [2.05, 4.69) is 20.9 Å². The second kappa shape index (κ2) is 17.8. The number of carbonyl (C=O) groups excluding carboxylic acids is 1. The van der Waals surface area contributed by atoms with E-state index in [1.165, 1.54) is 13.2 Å². The van der Waals surface area contributed by atoms with Crippen LogP contribution in [0.15, 0.2) is 73.1 Å². The van der Waals surface area contributed by atoms with E-state index in [4.69, 9.17) is 16.0 Å². The van der Waals surface area contributed by atoms with E-state index < -0.39 is 40.6 Å². The first-order valence-corrected chi connectivity index (χ1v) is 9.98. The molecular formula is C26H18BrF4MgN3O3. The first kappa shape index (κ1) is 34.5. The number of hydrogen-bond acceptors (Lipinski definition) is 5. The van der Waals surface area contributed by atoms with E-state index in [-0.39, 0.29) is 45.6 Å². The van der Waals surface area contributed by atoms with Gasteiger partial charge in [0, 0.05) is 17.9 Å². The number of halogens is 5. The molecule has 0 aliphatic rings. The van der Waals surface area contributed by atoms with Crippen LogP contribution < -0.4 is 26.5 Å². The molecule has 4 rings (SSSR count). The summed E-state index contributed by atoms with van der Waals surface area (Å²) in [7, 11) is 3.03. The van der Waals surface area contributed by atoms with E-state index in [9.17, 15) is 22.4 Å². The number of hydrogen-bond donors (Lipinski definition) is 0. The number of carbonyl (C=O) groups is 1. The summed E-state index contributed by atoms with van der Waals surface area (Å²) in [5, 5.41) is 0. The van der Waals surface area contributed by atoms with E-state index in [0.29, 0.717) is 17.9 Å². The summed E-state index contributed by atoms with van der Waals surface area (Å²) in [6, 6.07) is 18.0. The number of ketones is 1. The molecule has 0 bridgehead atoms. The van der Waals surface area contributed by atoms with E-state index in [1.54, 1.807) is 25.3 Å². The van der Waals surface area contributed by atoms with E-state index in [1.807, 2.05) is 24.3 Å². The Hall–Kier alpha value is -3.53. The Kier molecular flexibility index (Phi) is 16.2. The molecule has 0 fully saturated rings. The normalized spacial score (nSPS) is 8.97. The van der Waals surface area contributed by atoms with E-state index in [0.717, 1.165) is 18.1 Å². The average Bonchev–Trinajstić information content (AvgIpc) is 2.89. The molecule has 4 aromatic rings. The van der Waals surface area contributed by atoms with Gasteiger partial charge in [0.2, 0.25) is 5.78 Å². The molecule has 0 aliphatic carbocycles. The predicted molar refractivity (Wildman–Crippen MR) is 129 cm³/mol. The maximum absolute atomic E-state index is 13.5. The maximum Gasteiger partial charge on any atom is 2.00 e. The van der Waals surface area contributed by atoms with Gasteiger partial charge in [-0.25, -0.2) is 22.5 Å². The van der Waals surface area contributed by atoms with Crippen LogP contribution in [-0.4, -0.2) is 53.0 Å². The number of rotatable bonds is 4. The molecule has 12 heteroatoms. The van der Waals surface area contributed by atoms with Crippen molar-refractivity contribution in [3.05, 3.63) is 125 Å². The van der Waals surface area contributed by atoms with Crippen LogP contribution in [0.25, 0.3) is 4.85 Å². The van der Waals surface area contributed by atoms with Crippen LogP contribution in [0.5, 0.6) is 11.5 Å². The molecule has 0 atom stereocenters. The predicted octanol–water partition coefficient (Wildman–Crippen LogP) is 2.63. The topological polar surface area (TPSA) is 65.7 Å². The smallest absolute Gasteiger partial charge is 1.00 e. The van der Waals surface area contributed by atoms with Crippen LogP contribution in [0.1, 0.15) is 16.1 Å². The van der Waals surface area contributed by atoms with Crippen LogP contribution in [0.2, 0.25) is 0 Å². The van der Waals surface area contributed by atoms with Crippen LogP contribution in [0, 0.1) is 35.9 Å². The van der Waals surface area contributed by atoms with Crippen molar-refractivity contribution in [1.82, 2.24) is 9.97 Å². The van der Waals surface area contributed by atoms with Gasteiger partial charge in [-0.05, 0) is 12.1 Å². The molecule has 0 N–H and O–H groups in total. The first-order valence-electron chi connectivity index (χ1n) is 9.98. The largest absolute Gasteiger partial charge is 2.00 e. The molecule has 0 spiro atoms. The fraction of sp³-hybridized carbons (Fsp3) is 0.0769. The van der Waals surface area contributed by atoms with Crippen molar-refractivity contribution in [1.29, 1.82) is 0 Å². The zero-order valence-corrected chi connectivity index (χ0v) is 23.1. The van der Waals surface area contributed by atoms with Gasteiger partial charge < -0.3 is 31.3 Å². The van der Waals surface area contributed by atoms with Crippen LogP contribution >= 0.6 is 0 Å². The van der Waals surface area contributed by atoms with Crippen LogP contribution in [0.4, 0.5) is 23.4 Å². The van der Waals surface area contributed by atoms with Gasteiger partial charge >= 0.3 is 28.9 Å². The number of benzene rings is 2. The van der Waals surface area contributed by atoms with Crippen LogP contribution in [-0.2, 0) is 0 Å². The SMILES string of the molecule is COc1[c-]cccc1.COc1ccccc1C(=O)c1ncc(F)cc1F.[Br-].[C-]#[N+]c1ncc(F)cc1F.[Mg+2]. The summed E-state index contributed by atoms with van der Waals surface area (Å²) in [4.78, 5) is 21.4. The van der Waals surface area contributed by atoms with Gasteiger partial charge in [0.15, 0.2) is 23.6 Å². The number of methoxy groups -OCH3 is 2. The van der Waals surface area contributed by atoms with Gasteiger partial charge in [0.25, 0.3) is 0 Å². The molecule has 2 heterocycles. The molecule has 0 radical (unpaired) electrons. The fourth-order valence-corrected chi connectivity index (χ4v) is 2.53. The summed E-state index contributed by atoms with van der Waals surface area (Å²) < 4.78 is 60.5. The standard InChI is InChI=1S/C13H9F2NO2.C7H7O.C6H2F2N2.BrH.Mg/c1-18-11-5-3-2-4-9(11)13(17)12-10(15)6-8(14)7-16-12;1-8-7-5-3-2-4-6-7;1-9-6-5(8)2-4(7)3-10-6;;/h2-7H,1H3;2-5H,1H3;2-3H;1H;/q;-1;;;+2/p-1. The number of pyridine rings is 2. The first-order chi connectivity index (χ1) is 17.3. The van der Waals surface area contributed by atoms with Crippen molar-refractivity contribution in [2.75, 3.05) is 14.2 Å². The summed E-state index contributed by atoms with van der Waals surface area (Å²) in [5.74, 6) is -3.47. The Bertz CT molecular complexity index is 1360. The molecule has 0 saturated heterocycles. The molecular weight excluding hydrogens is 583 g/mol. The van der Waals surface area contributed by atoms with Crippen molar-refractivity contribution in [3.63, 3.8) is 0 Å². The Balaban J connectivity index is 0.000000582. The quantitative estimate of drug-likeness (QED) is 0.156. The third-order valence-corrected chi connectivity index (χ3v) is 4.17. The van der Waals surface area contributed by atoms with Gasteiger partial charge in [0.1, 0.15) is 17.3 Å². The van der Waals surface area contributed by atoms with Gasteiger partial charge in [-0.3, -0.25) is 4.79 Å². The number of ether oxygens (including phenoxy) is 2. The molecule has 6 nitrogen and oxygen atoms in total. The summed E-state index contributed by atoms with van der Waals surface area (Å²) in [5.41, 5.74) is -0.251. The third kappa shape index (κ3) is 10.4. The van der Waals surface area contributed by atoms with Crippen molar-refractivity contribution in [3.8, 4) is 11.5 Å². The van der Waals surface area contributed by atoms with Gasteiger partial charge in [0.05, 0.1) is 26.0 Å². The van der Waals surface area contributed by atoms with Gasteiger partial charge in [-0.1, -0.05) is 18.7 Å². The summed E-state index contributed by atoms with van der Waals surface area (Å²) in [6.07, 6.45) is 1.60. The summed E-state index contributed by atoms with van der Waals surface area (Å²) in [6.45, 7) is 6.36. The van der Waals surface area contributed by atoms with Crippen molar-refractivity contribution in [2.45, 2.75) is 0 Å². The van der Waals surface area contributed by atoms with Crippen molar-refractivity contribution < 1.29 is 48.8 Å². The second-order valence-corrected chi connectivity index (χ2v) is 6.52. The number of nitrogens with zero attached hydrogens (tertiary/aromatic N) is 3. The Morgan fingerprint density at radius 2 is 1.50 bits per heavy atom. The zero-order chi connectivity index (χ0) is 26.5. The molecule has 192 valence electrons. The molecule has 2 aromatic carbocycles. The molecule has 38 heavy (non-hydrogen) atoms. The molecule has 0 aliphatic heterocycles. The van der Waals surface area contributed by atoms with Crippen molar-refractivity contribution in [2.24, 2.45) is 0 Å². The summed E-state index contributed by atoms with van der Waals surface area (Å²) >= 11 is 0. The average molecular weight is 601 g/mol. The molecule has 0 saturated carbocycles. The van der Waals surface area contributed by atoms with Gasteiger partial charge in [-0.2, -0.15) is 18.2 Å². The number of para-hydroxylation sites is 2. The number of aromatic nitrogens is 2. The fourth-order valence-electron chi connectivity index (χ4n) is 2.53. The minimum atomic E-state index is -0.995. The zero-order valence-electron chi connectivity index (χ0n) is 20.1. The Morgan fingerprint density at radius 1 is 0.895 bits per heavy atom. The second-order valence-electron chi connectivity index (χ2n) is 6.52. The maximum atomic E-state index is 13.5. The Labute approximate surface area is 243 Å².